The van der Waals surface area contributed by atoms with E-state index < -0.39 is 0 Å². The average Bonchev–Trinajstić information content (AvgIpc) is 2.33. The maximum atomic E-state index is 5.46. The predicted octanol–water partition coefficient (Wildman–Crippen LogP) is 3.07. The van der Waals surface area contributed by atoms with Crippen molar-refractivity contribution in [2.75, 3.05) is 19.8 Å². The van der Waals surface area contributed by atoms with Gasteiger partial charge in [-0.3, -0.25) is 0 Å². The summed E-state index contributed by atoms with van der Waals surface area (Å²) in [5.41, 5.74) is 2.67. The summed E-state index contributed by atoms with van der Waals surface area (Å²) in [6.45, 7) is 4.84. The first kappa shape index (κ1) is 13.1. The van der Waals surface area contributed by atoms with Gasteiger partial charge in [-0.15, -0.1) is 0 Å². The fourth-order valence-electron chi connectivity index (χ4n) is 2.04. The third kappa shape index (κ3) is 4.41. The minimum Gasteiger partial charge on any atom is -0.379 e. The van der Waals surface area contributed by atoms with E-state index in [9.17, 15) is 0 Å². The van der Waals surface area contributed by atoms with Gasteiger partial charge in [-0.2, -0.15) is 0 Å². The van der Waals surface area contributed by atoms with Crippen LogP contribution < -0.4 is 5.32 Å². The topological polar surface area (TPSA) is 21.3 Å². The molecule has 1 atom stereocenters. The highest BCUT2D eigenvalue weighted by Gasteiger charge is 2.12. The van der Waals surface area contributed by atoms with Gasteiger partial charge < -0.3 is 10.1 Å². The van der Waals surface area contributed by atoms with Gasteiger partial charge in [0.15, 0.2) is 0 Å². The van der Waals surface area contributed by atoms with Crippen LogP contribution in [0.1, 0.15) is 18.9 Å². The summed E-state index contributed by atoms with van der Waals surface area (Å²) in [5.74, 6) is 0. The fraction of sp³-hybridized carbons (Fsp3) is 0.429. The van der Waals surface area contributed by atoms with Gasteiger partial charge in [-0.1, -0.05) is 23.8 Å². The number of morpholine rings is 1. The molecular formula is C14H18INO. The van der Waals surface area contributed by atoms with Crippen molar-refractivity contribution in [3.63, 3.8) is 0 Å². The zero-order valence-electron chi connectivity index (χ0n) is 10.1. The Morgan fingerprint density at radius 3 is 2.88 bits per heavy atom. The third-order valence-electron chi connectivity index (χ3n) is 2.85. The fourth-order valence-corrected chi connectivity index (χ4v) is 2.40. The van der Waals surface area contributed by atoms with Gasteiger partial charge >= 0.3 is 0 Å². The zero-order chi connectivity index (χ0) is 12.1. The van der Waals surface area contributed by atoms with Crippen molar-refractivity contribution >= 4 is 28.7 Å². The molecule has 1 saturated heterocycles. The van der Waals surface area contributed by atoms with Crippen molar-refractivity contribution in [1.82, 2.24) is 5.32 Å². The summed E-state index contributed by atoms with van der Waals surface area (Å²) in [6.07, 6.45) is 3.32. The standard InChI is InChI=1S/C14H18INO/c1-11(9-14-10-17-7-6-16-14)8-12-2-4-13(15)5-3-12/h2-5,8,14,16H,6-7,9-10H2,1H3/b11-8-. The summed E-state index contributed by atoms with van der Waals surface area (Å²) in [6, 6.07) is 9.08. The molecule has 1 unspecified atom stereocenters. The summed E-state index contributed by atoms with van der Waals surface area (Å²) in [5, 5.41) is 3.48. The van der Waals surface area contributed by atoms with Crippen LogP contribution in [0.15, 0.2) is 29.8 Å². The van der Waals surface area contributed by atoms with E-state index in [0.29, 0.717) is 6.04 Å². The number of rotatable bonds is 3. The van der Waals surface area contributed by atoms with Crippen LogP contribution >= 0.6 is 22.6 Å². The number of nitrogens with one attached hydrogen (secondary N) is 1. The molecule has 2 rings (SSSR count). The van der Waals surface area contributed by atoms with Crippen molar-refractivity contribution < 1.29 is 4.74 Å². The van der Waals surface area contributed by atoms with Gasteiger partial charge in [0.05, 0.1) is 13.2 Å². The maximum absolute atomic E-state index is 5.46. The molecule has 1 heterocycles. The van der Waals surface area contributed by atoms with Crippen LogP contribution in [0.4, 0.5) is 0 Å². The molecule has 3 heteroatoms. The second-order valence-corrected chi connectivity index (χ2v) is 5.72. The minimum atomic E-state index is 0.476. The van der Waals surface area contributed by atoms with Crippen LogP contribution in [0.25, 0.3) is 6.08 Å². The molecule has 0 spiro atoms. The number of hydrogen-bond acceptors (Lipinski definition) is 2. The Morgan fingerprint density at radius 2 is 2.24 bits per heavy atom. The molecule has 17 heavy (non-hydrogen) atoms. The molecular weight excluding hydrogens is 325 g/mol. The predicted molar refractivity (Wildman–Crippen MR) is 80.0 cm³/mol. The second kappa shape index (κ2) is 6.52. The van der Waals surface area contributed by atoms with E-state index in [-0.39, 0.29) is 0 Å². The van der Waals surface area contributed by atoms with Gasteiger partial charge in [0.1, 0.15) is 0 Å². The summed E-state index contributed by atoms with van der Waals surface area (Å²) >= 11 is 2.33. The molecule has 0 radical (unpaired) electrons. The van der Waals surface area contributed by atoms with Crippen LogP contribution in [-0.2, 0) is 4.74 Å². The van der Waals surface area contributed by atoms with Crippen molar-refractivity contribution in [3.8, 4) is 0 Å². The molecule has 1 aliphatic rings. The smallest absolute Gasteiger partial charge is 0.0623 e. The zero-order valence-corrected chi connectivity index (χ0v) is 12.2. The lowest BCUT2D eigenvalue weighted by Crippen LogP contribution is -2.41. The molecule has 0 aliphatic carbocycles. The van der Waals surface area contributed by atoms with Gasteiger partial charge in [-0.25, -0.2) is 0 Å². The number of hydrogen-bond donors (Lipinski definition) is 1. The van der Waals surface area contributed by atoms with Gasteiger partial charge in [0.2, 0.25) is 0 Å². The highest BCUT2D eigenvalue weighted by molar-refractivity contribution is 14.1. The largest absolute Gasteiger partial charge is 0.379 e. The van der Waals surface area contributed by atoms with Crippen LogP contribution in [0.2, 0.25) is 0 Å². The molecule has 1 N–H and O–H groups in total. The Bertz CT molecular complexity index is 380. The average molecular weight is 343 g/mol. The first-order valence-electron chi connectivity index (χ1n) is 5.98. The van der Waals surface area contributed by atoms with E-state index in [0.717, 1.165) is 26.2 Å². The van der Waals surface area contributed by atoms with E-state index in [4.69, 9.17) is 4.74 Å². The highest BCUT2D eigenvalue weighted by Crippen LogP contribution is 2.14. The van der Waals surface area contributed by atoms with E-state index in [1.54, 1.807) is 0 Å². The van der Waals surface area contributed by atoms with Gasteiger partial charge in [0, 0.05) is 16.2 Å². The van der Waals surface area contributed by atoms with Crippen molar-refractivity contribution in [2.24, 2.45) is 0 Å². The van der Waals surface area contributed by atoms with Crippen LogP contribution in [-0.4, -0.2) is 25.8 Å². The number of halogens is 1. The SMILES string of the molecule is C/C(=C/c1ccc(I)cc1)CC1COCCN1. The molecule has 0 amide bonds. The van der Waals surface area contributed by atoms with Gasteiger partial charge in [0.25, 0.3) is 0 Å². The van der Waals surface area contributed by atoms with E-state index >= 15 is 0 Å². The van der Waals surface area contributed by atoms with Crippen LogP contribution in [0, 0.1) is 3.57 Å². The summed E-state index contributed by atoms with van der Waals surface area (Å²) < 4.78 is 6.74. The molecule has 0 bridgehead atoms. The summed E-state index contributed by atoms with van der Waals surface area (Å²) in [7, 11) is 0. The molecule has 1 aromatic rings. The van der Waals surface area contributed by atoms with Crippen molar-refractivity contribution in [2.45, 2.75) is 19.4 Å². The van der Waals surface area contributed by atoms with Crippen LogP contribution in [0.3, 0.4) is 0 Å². The Labute approximate surface area is 117 Å². The Morgan fingerprint density at radius 1 is 1.47 bits per heavy atom. The van der Waals surface area contributed by atoms with E-state index in [2.05, 4.69) is 65.2 Å². The second-order valence-electron chi connectivity index (χ2n) is 4.47. The van der Waals surface area contributed by atoms with Crippen LogP contribution in [0.5, 0.6) is 0 Å². The maximum Gasteiger partial charge on any atom is 0.0623 e. The molecule has 1 aliphatic heterocycles. The molecule has 0 saturated carbocycles. The monoisotopic (exact) mass is 343 g/mol. The summed E-state index contributed by atoms with van der Waals surface area (Å²) in [4.78, 5) is 0. The van der Waals surface area contributed by atoms with Crippen molar-refractivity contribution in [1.29, 1.82) is 0 Å². The quantitative estimate of drug-likeness (QED) is 0.852. The molecule has 1 aromatic carbocycles. The first-order chi connectivity index (χ1) is 8.24. The number of ether oxygens (including phenoxy) is 1. The normalized spacial score (nSPS) is 21.5. The third-order valence-corrected chi connectivity index (χ3v) is 3.57. The molecule has 0 aromatic heterocycles. The van der Waals surface area contributed by atoms with E-state index in [1.165, 1.54) is 14.7 Å². The molecule has 1 fully saturated rings. The van der Waals surface area contributed by atoms with Crippen molar-refractivity contribution in [3.05, 3.63) is 39.0 Å². The van der Waals surface area contributed by atoms with Gasteiger partial charge in [-0.05, 0) is 53.6 Å². The van der Waals surface area contributed by atoms with E-state index in [1.807, 2.05) is 0 Å². The highest BCUT2D eigenvalue weighted by atomic mass is 127. The minimum absolute atomic E-state index is 0.476. The Hall–Kier alpha value is -0.390. The first-order valence-corrected chi connectivity index (χ1v) is 7.06. The lowest BCUT2D eigenvalue weighted by molar-refractivity contribution is 0.0771. The lowest BCUT2D eigenvalue weighted by atomic mass is 10.0. The Kier molecular flexibility index (Phi) is 5.00. The lowest BCUT2D eigenvalue weighted by Gasteiger charge is -2.24. The molecule has 92 valence electrons. The Balaban J connectivity index is 1.93. The number of benzene rings is 1. The molecule has 2 nitrogen and oxygen atoms in total.